The average Bonchev–Trinajstić information content (AvgIpc) is 2.58. The molecule has 0 aliphatic rings. The van der Waals surface area contributed by atoms with E-state index in [1.807, 2.05) is 0 Å². The van der Waals surface area contributed by atoms with E-state index in [2.05, 4.69) is 0 Å². The van der Waals surface area contributed by atoms with Gasteiger partial charge in [-0.2, -0.15) is 13.2 Å². The van der Waals surface area contributed by atoms with Gasteiger partial charge in [-0.15, -0.1) is 0 Å². The van der Waals surface area contributed by atoms with E-state index in [4.69, 9.17) is 5.11 Å². The van der Waals surface area contributed by atoms with Gasteiger partial charge >= 0.3 is 6.18 Å². The maximum Gasteiger partial charge on any atom is 0.418 e. The summed E-state index contributed by atoms with van der Waals surface area (Å²) >= 11 is 0. The first-order valence-corrected chi connectivity index (χ1v) is 4.69. The second-order valence-corrected chi connectivity index (χ2v) is 3.69. The second kappa shape index (κ2) is 3.52. The molecule has 0 fully saturated rings. The van der Waals surface area contributed by atoms with Crippen LogP contribution in [-0.2, 0) is 7.05 Å². The molecule has 1 atom stereocenters. The monoisotopic (exact) mass is 229 g/mol. The van der Waals surface area contributed by atoms with E-state index in [1.165, 1.54) is 12.1 Å². The standard InChI is InChI=1S/C11H10F3NO/c1-15-5-4-7-2-3-8(6-9(7)15)10(16)11(12,13)14/h2-6,10,16H,1H3. The Balaban J connectivity index is 2.50. The molecule has 0 bridgehead atoms. The van der Waals surface area contributed by atoms with Gasteiger partial charge in [-0.1, -0.05) is 12.1 Å². The molecule has 16 heavy (non-hydrogen) atoms. The van der Waals surface area contributed by atoms with Crippen molar-refractivity contribution in [1.82, 2.24) is 4.57 Å². The van der Waals surface area contributed by atoms with Crippen molar-refractivity contribution in [2.24, 2.45) is 7.05 Å². The third kappa shape index (κ3) is 1.78. The summed E-state index contributed by atoms with van der Waals surface area (Å²) in [5.74, 6) is 0. The first kappa shape index (κ1) is 11.0. The van der Waals surface area contributed by atoms with Crippen molar-refractivity contribution >= 4 is 10.9 Å². The third-order valence-electron chi connectivity index (χ3n) is 2.54. The molecule has 1 aromatic carbocycles. The van der Waals surface area contributed by atoms with Gasteiger partial charge in [-0.05, 0) is 23.1 Å². The Morgan fingerprint density at radius 1 is 1.25 bits per heavy atom. The summed E-state index contributed by atoms with van der Waals surface area (Å²) in [7, 11) is 1.74. The molecule has 86 valence electrons. The lowest BCUT2D eigenvalue weighted by molar-refractivity contribution is -0.206. The number of benzene rings is 1. The van der Waals surface area contributed by atoms with Crippen molar-refractivity contribution in [3.63, 3.8) is 0 Å². The molecule has 0 saturated carbocycles. The largest absolute Gasteiger partial charge is 0.418 e. The molecular weight excluding hydrogens is 219 g/mol. The van der Waals surface area contributed by atoms with Crippen molar-refractivity contribution in [2.45, 2.75) is 12.3 Å². The maximum atomic E-state index is 12.3. The van der Waals surface area contributed by atoms with E-state index in [0.717, 1.165) is 5.39 Å². The van der Waals surface area contributed by atoms with Crippen LogP contribution in [0.2, 0.25) is 0 Å². The lowest BCUT2D eigenvalue weighted by atomic mass is 10.1. The van der Waals surface area contributed by atoms with Gasteiger partial charge in [-0.25, -0.2) is 0 Å². The number of halogens is 3. The lowest BCUT2D eigenvalue weighted by Gasteiger charge is -2.14. The quantitative estimate of drug-likeness (QED) is 0.799. The predicted octanol–water partition coefficient (Wildman–Crippen LogP) is 2.77. The Bertz CT molecular complexity index is 515. The Kier molecular flexibility index (Phi) is 2.42. The van der Waals surface area contributed by atoms with Crippen LogP contribution in [0.1, 0.15) is 11.7 Å². The zero-order valence-electron chi connectivity index (χ0n) is 8.49. The smallest absolute Gasteiger partial charge is 0.379 e. The van der Waals surface area contributed by atoms with E-state index in [9.17, 15) is 13.2 Å². The highest BCUT2D eigenvalue weighted by Crippen LogP contribution is 2.33. The van der Waals surface area contributed by atoms with Crippen LogP contribution in [0.15, 0.2) is 30.5 Å². The third-order valence-corrected chi connectivity index (χ3v) is 2.54. The number of fused-ring (bicyclic) bond motifs is 1. The van der Waals surface area contributed by atoms with Gasteiger partial charge in [0.2, 0.25) is 0 Å². The van der Waals surface area contributed by atoms with Crippen LogP contribution in [0.3, 0.4) is 0 Å². The molecule has 0 spiro atoms. The fourth-order valence-electron chi connectivity index (χ4n) is 1.64. The molecule has 0 saturated heterocycles. The molecule has 0 aliphatic carbocycles. The van der Waals surface area contributed by atoms with Crippen LogP contribution in [-0.4, -0.2) is 15.8 Å². The summed E-state index contributed by atoms with van der Waals surface area (Å²) in [4.78, 5) is 0. The predicted molar refractivity (Wildman–Crippen MR) is 53.9 cm³/mol. The molecule has 0 radical (unpaired) electrons. The topological polar surface area (TPSA) is 25.2 Å². The van der Waals surface area contributed by atoms with Crippen molar-refractivity contribution in [1.29, 1.82) is 0 Å². The van der Waals surface area contributed by atoms with E-state index in [-0.39, 0.29) is 5.56 Å². The number of hydrogen-bond donors (Lipinski definition) is 1. The van der Waals surface area contributed by atoms with Crippen LogP contribution >= 0.6 is 0 Å². The molecular formula is C11H10F3NO. The van der Waals surface area contributed by atoms with Gasteiger partial charge in [0.1, 0.15) is 0 Å². The number of alkyl halides is 3. The normalized spacial score (nSPS) is 14.3. The number of hydrogen-bond acceptors (Lipinski definition) is 1. The fourth-order valence-corrected chi connectivity index (χ4v) is 1.64. The van der Waals surface area contributed by atoms with Crippen LogP contribution in [0.4, 0.5) is 13.2 Å². The SMILES string of the molecule is Cn1ccc2ccc(C(O)C(F)(F)F)cc21. The molecule has 2 nitrogen and oxygen atoms in total. The number of aliphatic hydroxyl groups is 1. The fraction of sp³-hybridized carbons (Fsp3) is 0.273. The summed E-state index contributed by atoms with van der Waals surface area (Å²) < 4.78 is 38.6. The van der Waals surface area contributed by atoms with Gasteiger partial charge in [0.25, 0.3) is 0 Å². The van der Waals surface area contributed by atoms with Gasteiger partial charge in [0.05, 0.1) is 0 Å². The van der Waals surface area contributed by atoms with Crippen molar-refractivity contribution in [3.8, 4) is 0 Å². The van der Waals surface area contributed by atoms with E-state index in [0.29, 0.717) is 5.52 Å². The summed E-state index contributed by atoms with van der Waals surface area (Å²) in [5.41, 5.74) is 0.530. The first-order valence-electron chi connectivity index (χ1n) is 4.69. The number of aliphatic hydroxyl groups excluding tert-OH is 1. The van der Waals surface area contributed by atoms with Gasteiger partial charge in [-0.3, -0.25) is 0 Å². The molecule has 0 amide bonds. The van der Waals surface area contributed by atoms with Crippen LogP contribution in [0.5, 0.6) is 0 Å². The number of aryl methyl sites for hydroxylation is 1. The van der Waals surface area contributed by atoms with E-state index in [1.54, 1.807) is 29.9 Å². The van der Waals surface area contributed by atoms with Gasteiger partial charge < -0.3 is 9.67 Å². The van der Waals surface area contributed by atoms with Crippen LogP contribution in [0.25, 0.3) is 10.9 Å². The molecule has 5 heteroatoms. The second-order valence-electron chi connectivity index (χ2n) is 3.69. The highest BCUT2D eigenvalue weighted by atomic mass is 19.4. The van der Waals surface area contributed by atoms with Crippen molar-refractivity contribution in [3.05, 3.63) is 36.0 Å². The highest BCUT2D eigenvalue weighted by Gasteiger charge is 2.39. The summed E-state index contributed by atoms with van der Waals surface area (Å²) in [6.45, 7) is 0. The number of nitrogens with zero attached hydrogens (tertiary/aromatic N) is 1. The molecule has 1 N–H and O–H groups in total. The zero-order chi connectivity index (χ0) is 11.9. The van der Waals surface area contributed by atoms with Crippen LogP contribution in [0, 0.1) is 0 Å². The Morgan fingerprint density at radius 3 is 2.56 bits per heavy atom. The Morgan fingerprint density at radius 2 is 1.94 bits per heavy atom. The summed E-state index contributed by atoms with van der Waals surface area (Å²) in [5, 5.41) is 9.96. The number of aromatic nitrogens is 1. The minimum atomic E-state index is -4.63. The van der Waals surface area contributed by atoms with Crippen molar-refractivity contribution in [2.75, 3.05) is 0 Å². The Labute approximate surface area is 89.9 Å². The molecule has 2 rings (SSSR count). The highest BCUT2D eigenvalue weighted by molar-refractivity contribution is 5.80. The minimum absolute atomic E-state index is 0.137. The molecule has 1 aromatic heterocycles. The molecule has 1 heterocycles. The summed E-state index contributed by atoms with van der Waals surface area (Å²) in [6, 6.07) is 6.02. The minimum Gasteiger partial charge on any atom is -0.379 e. The zero-order valence-corrected chi connectivity index (χ0v) is 8.49. The molecule has 0 aliphatic heterocycles. The van der Waals surface area contributed by atoms with Gasteiger partial charge in [0, 0.05) is 18.8 Å². The molecule has 2 aromatic rings. The first-order chi connectivity index (χ1) is 7.39. The average molecular weight is 229 g/mol. The van der Waals surface area contributed by atoms with E-state index >= 15 is 0 Å². The lowest BCUT2D eigenvalue weighted by Crippen LogP contribution is -2.20. The van der Waals surface area contributed by atoms with E-state index < -0.39 is 12.3 Å². The van der Waals surface area contributed by atoms with Gasteiger partial charge in [0.15, 0.2) is 6.10 Å². The van der Waals surface area contributed by atoms with Crippen LogP contribution < -0.4 is 0 Å². The maximum absolute atomic E-state index is 12.3. The Hall–Kier alpha value is -1.49. The van der Waals surface area contributed by atoms with Crippen molar-refractivity contribution < 1.29 is 18.3 Å². The summed E-state index contributed by atoms with van der Waals surface area (Å²) in [6.07, 6.45) is -5.29. The molecule has 1 unspecified atom stereocenters. The number of rotatable bonds is 1.